The molecule has 4 rings (SSSR count). The van der Waals surface area contributed by atoms with Gasteiger partial charge in [-0.25, -0.2) is 0 Å². The first kappa shape index (κ1) is 17.0. The number of nitrogens with zero attached hydrogens (tertiary/aromatic N) is 2. The normalized spacial score (nSPS) is 22.6. The highest BCUT2D eigenvalue weighted by Crippen LogP contribution is 2.34. The highest BCUT2D eigenvalue weighted by molar-refractivity contribution is 5.93. The maximum absolute atomic E-state index is 12.6. The quantitative estimate of drug-likeness (QED) is 0.838. The first-order valence-corrected chi connectivity index (χ1v) is 8.99. The molecule has 0 aliphatic carbocycles. The van der Waals surface area contributed by atoms with Crippen LogP contribution in [0.5, 0.6) is 11.5 Å². The lowest BCUT2D eigenvalue weighted by molar-refractivity contribution is -0.121. The van der Waals surface area contributed by atoms with Gasteiger partial charge in [0, 0.05) is 44.4 Å². The fraction of sp³-hybridized carbons (Fsp3) is 0.556. The number of carbonyl (C=O) groups excluding carboxylic acids is 1. The summed E-state index contributed by atoms with van der Waals surface area (Å²) in [6.07, 6.45) is 1.76. The molecule has 0 spiro atoms. The van der Waals surface area contributed by atoms with Crippen LogP contribution in [0.1, 0.15) is 12.8 Å². The van der Waals surface area contributed by atoms with E-state index in [0.717, 1.165) is 44.1 Å². The van der Waals surface area contributed by atoms with Crippen LogP contribution in [0.25, 0.3) is 0 Å². The van der Waals surface area contributed by atoms with Crippen molar-refractivity contribution in [1.29, 1.82) is 0 Å². The number of benzene rings is 1. The Morgan fingerprint density at radius 3 is 2.85 bits per heavy atom. The molecule has 1 amide bonds. The third kappa shape index (κ3) is 3.55. The summed E-state index contributed by atoms with van der Waals surface area (Å²) >= 11 is 0. The van der Waals surface area contributed by atoms with Crippen LogP contribution in [-0.2, 0) is 9.53 Å². The number of aliphatic imine (C=N–C) groups is 1. The van der Waals surface area contributed by atoms with Crippen molar-refractivity contribution < 1.29 is 19.0 Å². The number of piperidine rings is 1. The molecular weight excluding hydrogens is 336 g/mol. The topological polar surface area (TPSA) is 84.4 Å². The van der Waals surface area contributed by atoms with Crippen LogP contribution in [0.15, 0.2) is 23.2 Å². The van der Waals surface area contributed by atoms with Gasteiger partial charge in [0.15, 0.2) is 17.5 Å². The second kappa shape index (κ2) is 7.41. The molecule has 8 heteroatoms. The van der Waals surface area contributed by atoms with Crippen molar-refractivity contribution in [2.45, 2.75) is 18.9 Å². The van der Waals surface area contributed by atoms with Crippen molar-refractivity contribution in [2.24, 2.45) is 10.9 Å². The van der Waals surface area contributed by atoms with E-state index < -0.39 is 0 Å². The van der Waals surface area contributed by atoms with Crippen LogP contribution >= 0.6 is 0 Å². The van der Waals surface area contributed by atoms with Crippen LogP contribution in [-0.4, -0.2) is 63.0 Å². The van der Waals surface area contributed by atoms with E-state index in [9.17, 15) is 4.79 Å². The van der Waals surface area contributed by atoms with Gasteiger partial charge in [-0.2, -0.15) is 0 Å². The lowest BCUT2D eigenvalue weighted by Crippen LogP contribution is -2.51. The summed E-state index contributed by atoms with van der Waals surface area (Å²) in [6, 6.07) is 5.47. The monoisotopic (exact) mass is 360 g/mol. The van der Waals surface area contributed by atoms with Crippen LogP contribution in [0, 0.1) is 5.92 Å². The zero-order valence-corrected chi connectivity index (χ0v) is 14.9. The summed E-state index contributed by atoms with van der Waals surface area (Å²) in [6.45, 7) is 3.34. The van der Waals surface area contributed by atoms with Crippen LogP contribution < -0.4 is 20.1 Å². The van der Waals surface area contributed by atoms with Crippen LogP contribution in [0.2, 0.25) is 0 Å². The van der Waals surface area contributed by atoms with Gasteiger partial charge in [0.2, 0.25) is 12.7 Å². The van der Waals surface area contributed by atoms with Gasteiger partial charge in [-0.15, -0.1) is 0 Å². The van der Waals surface area contributed by atoms with Gasteiger partial charge in [-0.3, -0.25) is 9.79 Å². The second-order valence-corrected chi connectivity index (χ2v) is 6.72. The van der Waals surface area contributed by atoms with E-state index in [-0.39, 0.29) is 24.7 Å². The fourth-order valence-corrected chi connectivity index (χ4v) is 3.46. The molecular formula is C18H24N4O4. The van der Waals surface area contributed by atoms with E-state index in [0.29, 0.717) is 18.0 Å². The standard InChI is InChI=1S/C18H24N4O4/c1-24-14-9-19-18(20-10-14)22-6-4-12(5-7-22)17(23)21-13-2-3-15-16(8-13)26-11-25-15/h2-3,8,12,14H,4-7,9-11H2,1H3,(H,19,20)(H,21,23). The Hall–Kier alpha value is -2.48. The van der Waals surface area contributed by atoms with E-state index in [1.807, 2.05) is 18.2 Å². The number of methoxy groups -OCH3 is 1. The SMILES string of the molecule is COC1CN=C(N2CCC(C(=O)Nc3ccc4c(c3)OCO4)CC2)NC1. The largest absolute Gasteiger partial charge is 0.454 e. The minimum absolute atomic E-state index is 0.00703. The number of carbonyl (C=O) groups is 1. The molecule has 3 aliphatic heterocycles. The highest BCUT2D eigenvalue weighted by atomic mass is 16.7. The van der Waals surface area contributed by atoms with Gasteiger partial charge in [0.1, 0.15) is 0 Å². The summed E-state index contributed by atoms with van der Waals surface area (Å²) < 4.78 is 15.9. The average Bonchev–Trinajstić information content (AvgIpc) is 3.16. The Bertz CT molecular complexity index is 700. The van der Waals surface area contributed by atoms with Crippen molar-refractivity contribution >= 4 is 17.6 Å². The molecule has 1 aromatic rings. The Morgan fingerprint density at radius 2 is 2.12 bits per heavy atom. The smallest absolute Gasteiger partial charge is 0.231 e. The third-order valence-corrected chi connectivity index (χ3v) is 5.07. The van der Waals surface area contributed by atoms with E-state index in [1.54, 1.807) is 7.11 Å². The molecule has 26 heavy (non-hydrogen) atoms. The molecule has 1 saturated heterocycles. The van der Waals surface area contributed by atoms with Crippen molar-refractivity contribution in [1.82, 2.24) is 10.2 Å². The van der Waals surface area contributed by atoms with Gasteiger partial charge in [-0.05, 0) is 25.0 Å². The van der Waals surface area contributed by atoms with E-state index in [4.69, 9.17) is 14.2 Å². The van der Waals surface area contributed by atoms with Gasteiger partial charge < -0.3 is 29.7 Å². The number of hydrogen-bond acceptors (Lipinski definition) is 7. The number of likely N-dealkylation sites (tertiary alicyclic amines) is 1. The number of nitrogens with one attached hydrogen (secondary N) is 2. The van der Waals surface area contributed by atoms with Gasteiger partial charge in [0.05, 0.1) is 12.6 Å². The molecule has 0 aromatic heterocycles. The Labute approximate surface area is 152 Å². The number of anilines is 1. The maximum Gasteiger partial charge on any atom is 0.231 e. The average molecular weight is 360 g/mol. The molecule has 1 unspecified atom stereocenters. The highest BCUT2D eigenvalue weighted by Gasteiger charge is 2.28. The van der Waals surface area contributed by atoms with E-state index in [2.05, 4.69) is 20.5 Å². The first-order chi connectivity index (χ1) is 12.7. The molecule has 1 fully saturated rings. The van der Waals surface area contributed by atoms with Crippen molar-refractivity contribution in [3.05, 3.63) is 18.2 Å². The summed E-state index contributed by atoms with van der Waals surface area (Å²) in [5.74, 6) is 2.38. The minimum atomic E-state index is 0.00703. The number of fused-ring (bicyclic) bond motifs is 1. The molecule has 3 heterocycles. The molecule has 8 nitrogen and oxygen atoms in total. The zero-order chi connectivity index (χ0) is 17.9. The predicted octanol–water partition coefficient (Wildman–Crippen LogP) is 1.04. The first-order valence-electron chi connectivity index (χ1n) is 8.99. The van der Waals surface area contributed by atoms with Crippen molar-refractivity contribution in [3.63, 3.8) is 0 Å². The van der Waals surface area contributed by atoms with E-state index >= 15 is 0 Å². The van der Waals surface area contributed by atoms with Gasteiger partial charge in [-0.1, -0.05) is 0 Å². The molecule has 0 radical (unpaired) electrons. The Balaban J connectivity index is 1.29. The predicted molar refractivity (Wildman–Crippen MR) is 96.6 cm³/mol. The third-order valence-electron chi connectivity index (χ3n) is 5.07. The lowest BCUT2D eigenvalue weighted by Gasteiger charge is -2.35. The van der Waals surface area contributed by atoms with Crippen LogP contribution in [0.4, 0.5) is 5.69 Å². The molecule has 1 atom stereocenters. The summed E-state index contributed by atoms with van der Waals surface area (Å²) in [7, 11) is 1.71. The molecule has 0 bridgehead atoms. The summed E-state index contributed by atoms with van der Waals surface area (Å²) in [5, 5.41) is 6.32. The van der Waals surface area contributed by atoms with Gasteiger partial charge in [0.25, 0.3) is 0 Å². The molecule has 3 aliphatic rings. The number of guanidine groups is 1. The molecule has 1 aromatic carbocycles. The molecule has 0 saturated carbocycles. The van der Waals surface area contributed by atoms with Crippen molar-refractivity contribution in [2.75, 3.05) is 45.4 Å². The number of amides is 1. The molecule has 2 N–H and O–H groups in total. The molecule has 140 valence electrons. The maximum atomic E-state index is 12.6. The van der Waals surface area contributed by atoms with Gasteiger partial charge >= 0.3 is 0 Å². The summed E-state index contributed by atoms with van der Waals surface area (Å²) in [5.41, 5.74) is 0.741. The lowest BCUT2D eigenvalue weighted by atomic mass is 9.96. The van der Waals surface area contributed by atoms with E-state index in [1.165, 1.54) is 0 Å². The fourth-order valence-electron chi connectivity index (χ4n) is 3.46. The Kier molecular flexibility index (Phi) is 4.83. The minimum Gasteiger partial charge on any atom is -0.454 e. The van der Waals surface area contributed by atoms with Crippen molar-refractivity contribution in [3.8, 4) is 11.5 Å². The summed E-state index contributed by atoms with van der Waals surface area (Å²) in [4.78, 5) is 19.3. The number of rotatable bonds is 3. The van der Waals surface area contributed by atoms with Crippen LogP contribution in [0.3, 0.4) is 0 Å². The Morgan fingerprint density at radius 1 is 1.31 bits per heavy atom. The number of ether oxygens (including phenoxy) is 3. The zero-order valence-electron chi connectivity index (χ0n) is 14.9. The second-order valence-electron chi connectivity index (χ2n) is 6.72. The number of hydrogen-bond donors (Lipinski definition) is 2.